The molecule has 1 fully saturated rings. The van der Waals surface area contributed by atoms with Gasteiger partial charge in [-0.05, 0) is 37.0 Å². The highest BCUT2D eigenvalue weighted by Gasteiger charge is 2.34. The molecule has 0 bridgehead atoms. The van der Waals surface area contributed by atoms with Gasteiger partial charge in [-0.3, -0.25) is 4.79 Å². The van der Waals surface area contributed by atoms with Gasteiger partial charge in [-0.15, -0.1) is 11.3 Å². The number of methoxy groups -OCH3 is 2. The summed E-state index contributed by atoms with van der Waals surface area (Å²) in [5, 5.41) is 13.3. The van der Waals surface area contributed by atoms with E-state index in [4.69, 9.17) is 9.47 Å². The fraction of sp³-hybridized carbons (Fsp3) is 0.455. The van der Waals surface area contributed by atoms with Crippen LogP contribution in [0.5, 0.6) is 11.5 Å². The second kappa shape index (κ2) is 8.44. The molecule has 0 spiro atoms. The number of anilines is 1. The molecule has 1 aliphatic heterocycles. The Labute approximate surface area is 175 Å². The largest absolute Gasteiger partial charge is 0.497 e. The quantitative estimate of drug-likeness (QED) is 0.764. The zero-order valence-electron chi connectivity index (χ0n) is 16.8. The smallest absolute Gasteiger partial charge is 0.280 e. The first-order chi connectivity index (χ1) is 14.1. The van der Waals surface area contributed by atoms with Crippen molar-refractivity contribution >= 4 is 22.2 Å². The number of hydrogen-bond acceptors (Lipinski definition) is 5. The average Bonchev–Trinajstić information content (AvgIpc) is 3.43. The molecular weight excluding hydrogens is 386 g/mol. The number of amides is 1. The summed E-state index contributed by atoms with van der Waals surface area (Å²) in [5.74, 6) is 1.53. The van der Waals surface area contributed by atoms with Gasteiger partial charge in [0, 0.05) is 23.8 Å². The van der Waals surface area contributed by atoms with Crippen LogP contribution in [0.25, 0.3) is 0 Å². The average molecular weight is 413 g/mol. The third-order valence-electron chi connectivity index (χ3n) is 5.97. The number of ether oxygens (including phenoxy) is 2. The molecule has 1 aliphatic carbocycles. The maximum Gasteiger partial charge on any atom is 0.280 e. The van der Waals surface area contributed by atoms with Crippen LogP contribution in [-0.4, -0.2) is 33.2 Å². The van der Waals surface area contributed by atoms with Crippen molar-refractivity contribution in [1.82, 2.24) is 0 Å². The van der Waals surface area contributed by atoms with Gasteiger partial charge in [-0.25, -0.2) is 0 Å². The fourth-order valence-electron chi connectivity index (χ4n) is 4.59. The maximum absolute atomic E-state index is 12.8. The number of hydrogen-bond donors (Lipinski definition) is 2. The van der Waals surface area contributed by atoms with Crippen LogP contribution in [0.4, 0.5) is 5.00 Å². The highest BCUT2D eigenvalue weighted by Crippen LogP contribution is 2.38. The van der Waals surface area contributed by atoms with Crippen molar-refractivity contribution in [2.75, 3.05) is 32.6 Å². The van der Waals surface area contributed by atoms with Gasteiger partial charge in [0.15, 0.2) is 6.54 Å². The number of nitriles is 1. The molecule has 0 saturated carbocycles. The normalized spacial score (nSPS) is 20.2. The number of rotatable bonds is 6. The number of benzene rings is 1. The summed E-state index contributed by atoms with van der Waals surface area (Å²) >= 11 is 1.57. The first-order valence-electron chi connectivity index (χ1n) is 10.1. The molecule has 4 rings (SSSR count). The number of nitrogens with zero attached hydrogens (tertiary/aromatic N) is 1. The predicted molar refractivity (Wildman–Crippen MR) is 112 cm³/mol. The maximum atomic E-state index is 12.8. The van der Waals surface area contributed by atoms with Crippen LogP contribution in [0.3, 0.4) is 0 Å². The zero-order valence-corrected chi connectivity index (χ0v) is 17.7. The van der Waals surface area contributed by atoms with E-state index in [1.54, 1.807) is 25.6 Å². The van der Waals surface area contributed by atoms with E-state index in [1.807, 2.05) is 18.2 Å². The molecule has 152 valence electrons. The molecule has 2 heterocycles. The minimum atomic E-state index is -0.0317. The molecule has 29 heavy (non-hydrogen) atoms. The van der Waals surface area contributed by atoms with Crippen LogP contribution in [0, 0.1) is 11.3 Å². The molecular formula is C22H26N3O3S+. The number of nitrogens with one attached hydrogen (secondary N) is 2. The van der Waals surface area contributed by atoms with Gasteiger partial charge in [0.1, 0.15) is 28.6 Å². The number of likely N-dealkylation sites (tertiary alicyclic amines) is 1. The van der Waals surface area contributed by atoms with Crippen molar-refractivity contribution in [3.05, 3.63) is 39.8 Å². The third-order valence-corrected chi connectivity index (χ3v) is 7.18. The van der Waals surface area contributed by atoms with Crippen LogP contribution >= 0.6 is 11.3 Å². The summed E-state index contributed by atoms with van der Waals surface area (Å²) in [6.07, 6.45) is 5.15. The van der Waals surface area contributed by atoms with E-state index >= 15 is 0 Å². The van der Waals surface area contributed by atoms with Crippen LogP contribution in [0.1, 0.15) is 46.9 Å². The van der Waals surface area contributed by atoms with Gasteiger partial charge >= 0.3 is 0 Å². The fourth-order valence-corrected chi connectivity index (χ4v) is 5.85. The number of carbonyl (C=O) groups excluding carboxylic acids is 1. The van der Waals surface area contributed by atoms with E-state index in [1.165, 1.54) is 9.78 Å². The molecule has 2 atom stereocenters. The predicted octanol–water partition coefficient (Wildman–Crippen LogP) is 2.48. The van der Waals surface area contributed by atoms with Gasteiger partial charge in [0.2, 0.25) is 0 Å². The molecule has 1 amide bonds. The minimum absolute atomic E-state index is 0.0317. The van der Waals surface area contributed by atoms with Crippen LogP contribution in [-0.2, 0) is 17.6 Å². The second-order valence-electron chi connectivity index (χ2n) is 7.61. The molecule has 7 heteroatoms. The molecule has 2 aromatic rings. The molecule has 2 N–H and O–H groups in total. The Balaban J connectivity index is 1.48. The van der Waals surface area contributed by atoms with E-state index < -0.39 is 0 Å². The lowest BCUT2D eigenvalue weighted by atomic mass is 10.0. The topological polar surface area (TPSA) is 75.8 Å². The van der Waals surface area contributed by atoms with Gasteiger partial charge in [0.05, 0.1) is 31.9 Å². The van der Waals surface area contributed by atoms with Gasteiger partial charge < -0.3 is 19.7 Å². The van der Waals surface area contributed by atoms with Crippen molar-refractivity contribution in [3.63, 3.8) is 0 Å². The van der Waals surface area contributed by atoms with Gasteiger partial charge in [0.25, 0.3) is 5.91 Å². The van der Waals surface area contributed by atoms with Crippen molar-refractivity contribution in [1.29, 1.82) is 5.26 Å². The number of aryl methyl sites for hydroxylation is 1. The van der Waals surface area contributed by atoms with E-state index in [9.17, 15) is 10.1 Å². The standard InChI is InChI=1S/C22H25N3O3S/c1-27-14-8-9-16(19(11-14)28-2)18-6-4-10-25(18)13-21(26)24-22-17(12-23)15-5-3-7-20(15)29-22/h8-9,11,18H,3-7,10,13H2,1-2H3,(H,24,26)/p+1/t18-/m1/s1. The van der Waals surface area contributed by atoms with Crippen molar-refractivity contribution in [2.45, 2.75) is 38.1 Å². The number of carbonyl (C=O) groups is 1. The van der Waals surface area contributed by atoms with Crippen molar-refractivity contribution in [3.8, 4) is 17.6 Å². The summed E-state index contributed by atoms with van der Waals surface area (Å²) in [4.78, 5) is 15.3. The second-order valence-corrected chi connectivity index (χ2v) is 8.71. The first-order valence-corrected chi connectivity index (χ1v) is 10.9. The molecule has 1 saturated heterocycles. The molecule has 1 unspecified atom stereocenters. The van der Waals surface area contributed by atoms with Crippen LogP contribution in [0.2, 0.25) is 0 Å². The van der Waals surface area contributed by atoms with Crippen molar-refractivity contribution in [2.24, 2.45) is 0 Å². The Morgan fingerprint density at radius 1 is 1.31 bits per heavy atom. The molecule has 6 nitrogen and oxygen atoms in total. The van der Waals surface area contributed by atoms with Gasteiger partial charge in [-0.1, -0.05) is 0 Å². The Kier molecular flexibility index (Phi) is 5.74. The Bertz CT molecular complexity index is 963. The summed E-state index contributed by atoms with van der Waals surface area (Å²) in [6, 6.07) is 8.40. The third kappa shape index (κ3) is 3.83. The first kappa shape index (κ1) is 19.7. The summed E-state index contributed by atoms with van der Waals surface area (Å²) in [5.41, 5.74) is 2.92. The zero-order chi connectivity index (χ0) is 20.4. The Morgan fingerprint density at radius 2 is 2.17 bits per heavy atom. The minimum Gasteiger partial charge on any atom is -0.497 e. The molecule has 1 aromatic heterocycles. The lowest BCUT2D eigenvalue weighted by Gasteiger charge is -2.23. The van der Waals surface area contributed by atoms with E-state index in [-0.39, 0.29) is 11.9 Å². The SMILES string of the molecule is COc1ccc([C@H]2CCC[NH+]2CC(=O)Nc2sc3c(c2C#N)CCC3)c(OC)c1. The van der Waals surface area contributed by atoms with Crippen LogP contribution in [0.15, 0.2) is 18.2 Å². The Morgan fingerprint density at radius 3 is 2.93 bits per heavy atom. The highest BCUT2D eigenvalue weighted by molar-refractivity contribution is 7.16. The molecule has 2 aliphatic rings. The van der Waals surface area contributed by atoms with E-state index in [2.05, 4.69) is 11.4 Å². The summed E-state index contributed by atoms with van der Waals surface area (Å²) in [6.45, 7) is 1.33. The number of fused-ring (bicyclic) bond motifs is 1. The summed E-state index contributed by atoms with van der Waals surface area (Å²) in [7, 11) is 3.31. The number of quaternary nitrogens is 1. The molecule has 0 radical (unpaired) electrons. The monoisotopic (exact) mass is 412 g/mol. The highest BCUT2D eigenvalue weighted by atomic mass is 32.1. The molecule has 1 aromatic carbocycles. The van der Waals surface area contributed by atoms with E-state index in [0.717, 1.165) is 66.3 Å². The van der Waals surface area contributed by atoms with Crippen molar-refractivity contribution < 1.29 is 19.2 Å². The van der Waals surface area contributed by atoms with Gasteiger partial charge in [-0.2, -0.15) is 5.26 Å². The van der Waals surface area contributed by atoms with Crippen LogP contribution < -0.4 is 19.7 Å². The lowest BCUT2D eigenvalue weighted by molar-refractivity contribution is -0.910. The van der Waals surface area contributed by atoms with E-state index in [0.29, 0.717) is 12.1 Å². The lowest BCUT2D eigenvalue weighted by Crippen LogP contribution is -3.11. The Hall–Kier alpha value is -2.56. The number of thiophene rings is 1. The summed E-state index contributed by atoms with van der Waals surface area (Å²) < 4.78 is 10.9.